The second kappa shape index (κ2) is 8.72. The molecule has 0 saturated carbocycles. The Morgan fingerprint density at radius 2 is 1.52 bits per heavy atom. The van der Waals surface area contributed by atoms with Crippen molar-refractivity contribution in [3.05, 3.63) is 54.6 Å². The molecule has 0 aliphatic rings. The van der Waals surface area contributed by atoms with Gasteiger partial charge >= 0.3 is 0 Å². The van der Waals surface area contributed by atoms with Gasteiger partial charge in [-0.25, -0.2) is 0 Å². The van der Waals surface area contributed by atoms with Crippen LogP contribution in [-0.4, -0.2) is 21.0 Å². The van der Waals surface area contributed by atoms with Crippen LogP contribution >= 0.6 is 47.0 Å². The summed E-state index contributed by atoms with van der Waals surface area (Å²) < 4.78 is -1.76. The second-order valence-electron chi connectivity index (χ2n) is 5.22. The number of hydrogen-bond acceptors (Lipinski definition) is 2. The van der Waals surface area contributed by atoms with E-state index in [4.69, 9.17) is 47.0 Å². The Balaban J connectivity index is 2.01. The fraction of sp³-hybridized carbons (Fsp3) is 0.176. The number of carbonyl (C=O) groups is 1. The number of halogens is 3. The van der Waals surface area contributed by atoms with E-state index in [1.54, 1.807) is 0 Å². The van der Waals surface area contributed by atoms with Crippen molar-refractivity contribution in [1.82, 2.24) is 10.6 Å². The van der Waals surface area contributed by atoms with Gasteiger partial charge < -0.3 is 16.0 Å². The van der Waals surface area contributed by atoms with E-state index in [1.165, 1.54) is 6.92 Å². The molecule has 2 aromatic rings. The summed E-state index contributed by atoms with van der Waals surface area (Å²) in [6.45, 7) is 1.32. The molecule has 0 saturated heterocycles. The molecule has 0 aliphatic carbocycles. The maximum absolute atomic E-state index is 11.2. The average molecular weight is 417 g/mol. The maximum Gasteiger partial charge on any atom is 0.228 e. The first-order valence-electron chi connectivity index (χ1n) is 7.32. The molecule has 1 amide bonds. The van der Waals surface area contributed by atoms with Crippen molar-refractivity contribution in [2.75, 3.05) is 5.32 Å². The van der Waals surface area contributed by atoms with Crippen LogP contribution in [0.3, 0.4) is 0 Å². The number of alkyl halides is 3. The molecule has 0 heterocycles. The van der Waals surface area contributed by atoms with E-state index in [0.29, 0.717) is 0 Å². The lowest BCUT2D eigenvalue weighted by Crippen LogP contribution is -2.55. The van der Waals surface area contributed by atoms with E-state index in [-0.39, 0.29) is 11.0 Å². The molecule has 0 unspecified atom stereocenters. The molecule has 0 bridgehead atoms. The normalized spacial score (nSPS) is 12.2. The van der Waals surface area contributed by atoms with Crippen LogP contribution in [0, 0.1) is 0 Å². The number of nitrogens with one attached hydrogen (secondary N) is 3. The predicted octanol–water partition coefficient (Wildman–Crippen LogP) is 4.47. The SMILES string of the molecule is CC(=O)N[C@@H](NC(=S)Nc1ccc(-c2ccccc2)cc1)C(Cl)(Cl)Cl. The van der Waals surface area contributed by atoms with Gasteiger partial charge in [-0.3, -0.25) is 4.79 Å². The summed E-state index contributed by atoms with van der Waals surface area (Å²) in [6, 6.07) is 17.7. The quantitative estimate of drug-likeness (QED) is 0.391. The lowest BCUT2D eigenvalue weighted by molar-refractivity contribution is -0.119. The van der Waals surface area contributed by atoms with Crippen LogP contribution in [0.2, 0.25) is 0 Å². The monoisotopic (exact) mass is 415 g/mol. The molecule has 0 aliphatic heterocycles. The Hall–Kier alpha value is -1.53. The molecule has 4 nitrogen and oxygen atoms in total. The van der Waals surface area contributed by atoms with Crippen LogP contribution in [0.25, 0.3) is 11.1 Å². The Bertz CT molecular complexity index is 733. The summed E-state index contributed by atoms with van der Waals surface area (Å²) in [5, 5.41) is 8.48. The number of rotatable bonds is 4. The maximum atomic E-state index is 11.2. The molecule has 0 aromatic heterocycles. The summed E-state index contributed by atoms with van der Waals surface area (Å²) in [6.07, 6.45) is -0.960. The Morgan fingerprint density at radius 3 is 2.04 bits per heavy atom. The fourth-order valence-electron chi connectivity index (χ4n) is 2.08. The molecule has 1 atom stereocenters. The number of thiocarbonyl (C=S) groups is 1. The minimum Gasteiger partial charge on any atom is -0.339 e. The van der Waals surface area contributed by atoms with Crippen LogP contribution in [0.5, 0.6) is 0 Å². The van der Waals surface area contributed by atoms with Crippen molar-refractivity contribution in [3.63, 3.8) is 0 Å². The smallest absolute Gasteiger partial charge is 0.228 e. The lowest BCUT2D eigenvalue weighted by Gasteiger charge is -2.27. The minimum absolute atomic E-state index is 0.220. The van der Waals surface area contributed by atoms with Crippen molar-refractivity contribution in [3.8, 4) is 11.1 Å². The van der Waals surface area contributed by atoms with Crippen LogP contribution in [0.1, 0.15) is 6.92 Å². The van der Waals surface area contributed by atoms with E-state index >= 15 is 0 Å². The largest absolute Gasteiger partial charge is 0.339 e. The number of benzene rings is 2. The fourth-order valence-corrected chi connectivity index (χ4v) is 2.64. The zero-order valence-corrected chi connectivity index (χ0v) is 16.3. The third-order valence-corrected chi connectivity index (χ3v) is 4.07. The van der Waals surface area contributed by atoms with Gasteiger partial charge in [-0.1, -0.05) is 77.3 Å². The van der Waals surface area contributed by atoms with E-state index in [2.05, 4.69) is 16.0 Å². The highest BCUT2D eigenvalue weighted by Crippen LogP contribution is 2.29. The number of amides is 1. The number of carbonyl (C=O) groups excluding carboxylic acids is 1. The predicted molar refractivity (Wildman–Crippen MR) is 109 cm³/mol. The summed E-state index contributed by atoms with van der Waals surface area (Å²) in [5.41, 5.74) is 2.97. The molecule has 3 N–H and O–H groups in total. The Labute approximate surface area is 166 Å². The molecular formula is C17H16Cl3N3OS. The summed E-state index contributed by atoms with van der Waals surface area (Å²) in [7, 11) is 0. The second-order valence-corrected chi connectivity index (χ2v) is 7.99. The van der Waals surface area contributed by atoms with Crippen LogP contribution < -0.4 is 16.0 Å². The van der Waals surface area contributed by atoms with Crippen molar-refractivity contribution >= 4 is 63.7 Å². The van der Waals surface area contributed by atoms with E-state index < -0.39 is 9.96 Å². The first-order chi connectivity index (χ1) is 11.8. The summed E-state index contributed by atoms with van der Waals surface area (Å²) in [4.78, 5) is 11.2. The topological polar surface area (TPSA) is 53.2 Å². The summed E-state index contributed by atoms with van der Waals surface area (Å²) >= 11 is 22.7. The molecule has 132 valence electrons. The van der Waals surface area contributed by atoms with Gasteiger partial charge in [-0.2, -0.15) is 0 Å². The zero-order chi connectivity index (χ0) is 18.4. The van der Waals surface area contributed by atoms with E-state index in [0.717, 1.165) is 16.8 Å². The highest BCUT2D eigenvalue weighted by Gasteiger charge is 2.33. The lowest BCUT2D eigenvalue weighted by atomic mass is 10.1. The van der Waals surface area contributed by atoms with Crippen molar-refractivity contribution in [2.24, 2.45) is 0 Å². The molecule has 2 aromatic carbocycles. The van der Waals surface area contributed by atoms with Crippen molar-refractivity contribution < 1.29 is 4.79 Å². The van der Waals surface area contributed by atoms with Gasteiger partial charge in [-0.15, -0.1) is 0 Å². The molecule has 0 fully saturated rings. The molecule has 2 rings (SSSR count). The van der Waals surface area contributed by atoms with Crippen LogP contribution in [0.15, 0.2) is 54.6 Å². The van der Waals surface area contributed by atoms with Crippen LogP contribution in [-0.2, 0) is 4.79 Å². The third kappa shape index (κ3) is 6.36. The van der Waals surface area contributed by atoms with Gasteiger partial charge in [0.05, 0.1) is 0 Å². The highest BCUT2D eigenvalue weighted by molar-refractivity contribution is 7.80. The standard InChI is InChI=1S/C17H16Cl3N3OS/c1-11(24)21-15(17(18,19)20)23-16(25)22-14-9-7-13(8-10-14)12-5-3-2-4-6-12/h2-10,15H,1H3,(H,21,24)(H2,22,23,25)/t15-/m0/s1. The van der Waals surface area contributed by atoms with Gasteiger partial charge in [-0.05, 0) is 35.5 Å². The van der Waals surface area contributed by atoms with Gasteiger partial charge in [0, 0.05) is 12.6 Å². The van der Waals surface area contributed by atoms with E-state index in [1.807, 2.05) is 54.6 Å². The molecular weight excluding hydrogens is 401 g/mol. The highest BCUT2D eigenvalue weighted by atomic mass is 35.6. The summed E-state index contributed by atoms with van der Waals surface area (Å²) in [5.74, 6) is -0.348. The van der Waals surface area contributed by atoms with E-state index in [9.17, 15) is 4.79 Å². The minimum atomic E-state index is -1.76. The number of hydrogen-bond donors (Lipinski definition) is 3. The van der Waals surface area contributed by atoms with Gasteiger partial charge in [0.25, 0.3) is 0 Å². The van der Waals surface area contributed by atoms with Crippen molar-refractivity contribution in [2.45, 2.75) is 16.9 Å². The van der Waals surface area contributed by atoms with Crippen molar-refractivity contribution in [1.29, 1.82) is 0 Å². The van der Waals surface area contributed by atoms with Crippen LogP contribution in [0.4, 0.5) is 5.69 Å². The van der Waals surface area contributed by atoms with Gasteiger partial charge in [0.1, 0.15) is 6.17 Å². The van der Waals surface area contributed by atoms with Gasteiger partial charge in [0.15, 0.2) is 5.11 Å². The number of anilines is 1. The first-order valence-corrected chi connectivity index (χ1v) is 8.87. The first kappa shape index (κ1) is 19.8. The molecule has 0 spiro atoms. The average Bonchev–Trinajstić information content (AvgIpc) is 2.54. The zero-order valence-electron chi connectivity index (χ0n) is 13.2. The molecule has 8 heteroatoms. The Kier molecular flexibility index (Phi) is 6.90. The van der Waals surface area contributed by atoms with Gasteiger partial charge in [0.2, 0.25) is 9.70 Å². The Morgan fingerprint density at radius 1 is 0.960 bits per heavy atom. The molecule has 25 heavy (non-hydrogen) atoms. The third-order valence-electron chi connectivity index (χ3n) is 3.20. The molecule has 0 radical (unpaired) electrons.